The maximum atomic E-state index is 12.8. The first kappa shape index (κ1) is 14.1. The Labute approximate surface area is 126 Å². The predicted octanol–water partition coefficient (Wildman–Crippen LogP) is 2.61. The number of urea groups is 1. The zero-order valence-corrected chi connectivity index (χ0v) is 11.7. The minimum absolute atomic E-state index is 0.122. The molecule has 22 heavy (non-hydrogen) atoms. The molecule has 0 saturated carbocycles. The first-order valence-electron chi connectivity index (χ1n) is 6.86. The van der Waals surface area contributed by atoms with Crippen molar-refractivity contribution in [2.45, 2.75) is 0 Å². The summed E-state index contributed by atoms with van der Waals surface area (Å²) < 4.78 is 12.8. The Morgan fingerprint density at radius 3 is 2.36 bits per heavy atom. The highest BCUT2D eigenvalue weighted by molar-refractivity contribution is 6.04. The van der Waals surface area contributed by atoms with Crippen molar-refractivity contribution in [2.24, 2.45) is 0 Å². The van der Waals surface area contributed by atoms with E-state index in [0.29, 0.717) is 24.3 Å². The Kier molecular flexibility index (Phi) is 3.74. The van der Waals surface area contributed by atoms with Gasteiger partial charge in [-0.05, 0) is 48.5 Å². The van der Waals surface area contributed by atoms with Crippen molar-refractivity contribution >= 4 is 23.3 Å². The molecular formula is C16H14FN3O2. The number of carbonyl (C=O) groups is 2. The average molecular weight is 299 g/mol. The summed E-state index contributed by atoms with van der Waals surface area (Å²) in [5.41, 5.74) is 1.76. The van der Waals surface area contributed by atoms with Crippen molar-refractivity contribution in [3.8, 4) is 0 Å². The number of hydrogen-bond donors (Lipinski definition) is 2. The van der Waals surface area contributed by atoms with Gasteiger partial charge >= 0.3 is 6.03 Å². The topological polar surface area (TPSA) is 61.4 Å². The molecule has 2 aromatic carbocycles. The largest absolute Gasteiger partial charge is 0.336 e. The highest BCUT2D eigenvalue weighted by atomic mass is 19.1. The van der Waals surface area contributed by atoms with Crippen LogP contribution in [0.15, 0.2) is 48.5 Å². The molecule has 0 unspecified atom stereocenters. The SMILES string of the molecule is O=C(Nc1ccc(N2CCNC2=O)cc1)c1ccc(F)cc1. The van der Waals surface area contributed by atoms with Crippen LogP contribution in [0.5, 0.6) is 0 Å². The third kappa shape index (κ3) is 2.90. The standard InChI is InChI=1S/C16H14FN3O2/c17-12-3-1-11(2-4-12)15(21)19-13-5-7-14(8-6-13)20-10-9-18-16(20)22/h1-8H,9-10H2,(H,18,22)(H,19,21). The molecule has 3 amide bonds. The first-order valence-corrected chi connectivity index (χ1v) is 6.86. The van der Waals surface area contributed by atoms with E-state index in [1.165, 1.54) is 24.3 Å². The number of benzene rings is 2. The maximum absolute atomic E-state index is 12.8. The Morgan fingerprint density at radius 2 is 1.77 bits per heavy atom. The van der Waals surface area contributed by atoms with Crippen molar-refractivity contribution in [1.82, 2.24) is 5.32 Å². The number of hydrogen-bond acceptors (Lipinski definition) is 2. The van der Waals surface area contributed by atoms with Gasteiger partial charge in [0.15, 0.2) is 0 Å². The summed E-state index contributed by atoms with van der Waals surface area (Å²) in [6.07, 6.45) is 0. The number of anilines is 2. The molecule has 112 valence electrons. The van der Waals surface area contributed by atoms with Crippen LogP contribution in [0.25, 0.3) is 0 Å². The van der Waals surface area contributed by atoms with E-state index < -0.39 is 0 Å². The van der Waals surface area contributed by atoms with E-state index in [1.54, 1.807) is 29.2 Å². The number of amides is 3. The van der Waals surface area contributed by atoms with Gasteiger partial charge in [-0.15, -0.1) is 0 Å². The van der Waals surface area contributed by atoms with Gasteiger partial charge in [0.05, 0.1) is 0 Å². The van der Waals surface area contributed by atoms with E-state index in [9.17, 15) is 14.0 Å². The van der Waals surface area contributed by atoms with Crippen molar-refractivity contribution in [2.75, 3.05) is 23.3 Å². The Bertz CT molecular complexity index is 698. The molecule has 2 N–H and O–H groups in total. The Balaban J connectivity index is 1.69. The zero-order chi connectivity index (χ0) is 15.5. The summed E-state index contributed by atoms with van der Waals surface area (Å²) in [6, 6.07) is 12.2. The van der Waals surface area contributed by atoms with Crippen LogP contribution in [0.2, 0.25) is 0 Å². The second-order valence-corrected chi connectivity index (χ2v) is 4.89. The Morgan fingerprint density at radius 1 is 1.09 bits per heavy atom. The molecule has 1 fully saturated rings. The van der Waals surface area contributed by atoms with Crippen LogP contribution in [0, 0.1) is 5.82 Å². The molecular weight excluding hydrogens is 285 g/mol. The smallest absolute Gasteiger partial charge is 0.321 e. The minimum atomic E-state index is -0.384. The molecule has 5 nitrogen and oxygen atoms in total. The van der Waals surface area contributed by atoms with Gasteiger partial charge in [-0.2, -0.15) is 0 Å². The molecule has 1 heterocycles. The van der Waals surface area contributed by atoms with Crippen molar-refractivity contribution in [3.05, 3.63) is 59.9 Å². The minimum Gasteiger partial charge on any atom is -0.336 e. The first-order chi connectivity index (χ1) is 10.6. The lowest BCUT2D eigenvalue weighted by molar-refractivity contribution is 0.102. The van der Waals surface area contributed by atoms with Crippen LogP contribution in [0.1, 0.15) is 10.4 Å². The van der Waals surface area contributed by atoms with E-state index in [-0.39, 0.29) is 17.8 Å². The summed E-state index contributed by atoms with van der Waals surface area (Å²) in [5.74, 6) is -0.698. The summed E-state index contributed by atoms with van der Waals surface area (Å²) in [7, 11) is 0. The van der Waals surface area contributed by atoms with Crippen molar-refractivity contribution in [1.29, 1.82) is 0 Å². The molecule has 0 aromatic heterocycles. The fourth-order valence-electron chi connectivity index (χ4n) is 2.25. The number of carbonyl (C=O) groups excluding carboxylic acids is 2. The molecule has 3 rings (SSSR count). The van der Waals surface area contributed by atoms with E-state index in [1.807, 2.05) is 0 Å². The molecule has 1 saturated heterocycles. The second-order valence-electron chi connectivity index (χ2n) is 4.89. The van der Waals surface area contributed by atoms with Gasteiger partial charge in [0, 0.05) is 30.0 Å². The molecule has 0 radical (unpaired) electrons. The quantitative estimate of drug-likeness (QED) is 0.915. The van der Waals surface area contributed by atoms with Crippen LogP contribution in [-0.2, 0) is 0 Å². The average Bonchev–Trinajstić information content (AvgIpc) is 2.95. The van der Waals surface area contributed by atoms with Crippen LogP contribution in [0.3, 0.4) is 0 Å². The number of nitrogens with one attached hydrogen (secondary N) is 2. The molecule has 0 aliphatic carbocycles. The number of nitrogens with zero attached hydrogens (tertiary/aromatic N) is 1. The second kappa shape index (κ2) is 5.85. The summed E-state index contributed by atoms with van der Waals surface area (Å²) in [4.78, 5) is 25.2. The van der Waals surface area contributed by atoms with Gasteiger partial charge in [-0.1, -0.05) is 0 Å². The normalized spacial score (nSPS) is 13.9. The van der Waals surface area contributed by atoms with Gasteiger partial charge in [0.1, 0.15) is 5.82 Å². The third-order valence-corrected chi connectivity index (χ3v) is 3.40. The zero-order valence-electron chi connectivity index (χ0n) is 11.7. The lowest BCUT2D eigenvalue weighted by Gasteiger charge is -2.14. The van der Waals surface area contributed by atoms with Crippen molar-refractivity contribution < 1.29 is 14.0 Å². The number of halogens is 1. The fraction of sp³-hybridized carbons (Fsp3) is 0.125. The van der Waals surface area contributed by atoms with Gasteiger partial charge in [0.2, 0.25) is 0 Å². The summed E-state index contributed by atoms with van der Waals surface area (Å²) in [6.45, 7) is 1.25. The van der Waals surface area contributed by atoms with E-state index in [0.717, 1.165) is 5.69 Å². The summed E-state index contributed by atoms with van der Waals surface area (Å²) >= 11 is 0. The van der Waals surface area contributed by atoms with Crippen LogP contribution < -0.4 is 15.5 Å². The highest BCUT2D eigenvalue weighted by Gasteiger charge is 2.20. The summed E-state index contributed by atoms with van der Waals surface area (Å²) in [5, 5.41) is 5.45. The van der Waals surface area contributed by atoms with Gasteiger partial charge in [-0.25, -0.2) is 9.18 Å². The number of rotatable bonds is 3. The molecule has 0 bridgehead atoms. The predicted molar refractivity (Wildman–Crippen MR) is 81.5 cm³/mol. The maximum Gasteiger partial charge on any atom is 0.321 e. The molecule has 1 aliphatic rings. The molecule has 2 aromatic rings. The van der Waals surface area contributed by atoms with E-state index in [2.05, 4.69) is 10.6 Å². The molecule has 0 atom stereocenters. The Hall–Kier alpha value is -2.89. The van der Waals surface area contributed by atoms with Crippen LogP contribution in [0.4, 0.5) is 20.6 Å². The van der Waals surface area contributed by atoms with E-state index >= 15 is 0 Å². The van der Waals surface area contributed by atoms with Gasteiger partial charge in [-0.3, -0.25) is 9.69 Å². The molecule has 1 aliphatic heterocycles. The van der Waals surface area contributed by atoms with Crippen LogP contribution in [-0.4, -0.2) is 25.0 Å². The molecule has 6 heteroatoms. The van der Waals surface area contributed by atoms with Gasteiger partial charge in [0.25, 0.3) is 5.91 Å². The monoisotopic (exact) mass is 299 g/mol. The lowest BCUT2D eigenvalue weighted by Crippen LogP contribution is -2.27. The van der Waals surface area contributed by atoms with Crippen molar-refractivity contribution in [3.63, 3.8) is 0 Å². The lowest BCUT2D eigenvalue weighted by atomic mass is 10.2. The van der Waals surface area contributed by atoms with Gasteiger partial charge < -0.3 is 10.6 Å². The fourth-order valence-corrected chi connectivity index (χ4v) is 2.25. The highest BCUT2D eigenvalue weighted by Crippen LogP contribution is 2.20. The molecule has 0 spiro atoms. The van der Waals surface area contributed by atoms with E-state index in [4.69, 9.17) is 0 Å². The van der Waals surface area contributed by atoms with Crippen LogP contribution >= 0.6 is 0 Å². The third-order valence-electron chi connectivity index (χ3n) is 3.40.